The van der Waals surface area contributed by atoms with E-state index >= 15 is 0 Å². The molecule has 0 saturated carbocycles. The molecule has 1 aromatic carbocycles. The first-order valence-corrected chi connectivity index (χ1v) is 6.45. The van der Waals surface area contributed by atoms with E-state index in [1.807, 2.05) is 25.1 Å². The van der Waals surface area contributed by atoms with Gasteiger partial charge in [-0.3, -0.25) is 0 Å². The van der Waals surface area contributed by atoms with Gasteiger partial charge in [0.1, 0.15) is 5.75 Å². The minimum absolute atomic E-state index is 0.464. The van der Waals surface area contributed by atoms with Gasteiger partial charge in [-0.05, 0) is 26.3 Å². The first-order valence-electron chi connectivity index (χ1n) is 6.45. The number of rotatable bonds is 7. The maximum absolute atomic E-state index is 5.85. The highest BCUT2D eigenvalue weighted by atomic mass is 16.5. The molecule has 3 heteroatoms. The third kappa shape index (κ3) is 4.98. The van der Waals surface area contributed by atoms with Crippen LogP contribution in [0.1, 0.15) is 40.0 Å². The molecule has 1 aromatic rings. The Morgan fingerprint density at radius 3 is 2.71 bits per heavy atom. The molecule has 3 N–H and O–H groups in total. The van der Waals surface area contributed by atoms with E-state index in [4.69, 9.17) is 10.5 Å². The zero-order valence-electron chi connectivity index (χ0n) is 11.1. The molecule has 0 saturated heterocycles. The molecule has 0 heterocycles. The lowest BCUT2D eigenvalue weighted by Crippen LogP contribution is -2.15. The van der Waals surface area contributed by atoms with E-state index in [2.05, 4.69) is 19.2 Å². The summed E-state index contributed by atoms with van der Waals surface area (Å²) in [5, 5.41) is 3.46. The molecule has 0 radical (unpaired) electrons. The van der Waals surface area contributed by atoms with Crippen LogP contribution in [0.25, 0.3) is 0 Å². The van der Waals surface area contributed by atoms with E-state index in [0.29, 0.717) is 12.6 Å². The van der Waals surface area contributed by atoms with Gasteiger partial charge in [0.05, 0.1) is 6.61 Å². The van der Waals surface area contributed by atoms with Gasteiger partial charge >= 0.3 is 0 Å². The number of nitrogens with two attached hydrogens (primary N) is 1. The number of hydrogen-bond donors (Lipinski definition) is 2. The van der Waals surface area contributed by atoms with Gasteiger partial charge in [0.15, 0.2) is 0 Å². The average molecular weight is 236 g/mol. The highest BCUT2D eigenvalue weighted by Gasteiger charge is 2.04. The summed E-state index contributed by atoms with van der Waals surface area (Å²) in [6.45, 7) is 7.04. The summed E-state index contributed by atoms with van der Waals surface area (Å²) in [5.41, 5.74) is 7.62. The lowest BCUT2D eigenvalue weighted by atomic mass is 10.1. The highest BCUT2D eigenvalue weighted by molar-refractivity contribution is 5.59. The van der Waals surface area contributed by atoms with E-state index in [9.17, 15) is 0 Å². The van der Waals surface area contributed by atoms with E-state index in [0.717, 1.165) is 17.1 Å². The van der Waals surface area contributed by atoms with E-state index in [-0.39, 0.29) is 0 Å². The molecule has 0 aromatic heterocycles. The molecule has 0 amide bonds. The summed E-state index contributed by atoms with van der Waals surface area (Å²) in [6, 6.07) is 6.27. The number of benzene rings is 1. The van der Waals surface area contributed by atoms with Gasteiger partial charge in [0.25, 0.3) is 0 Å². The van der Waals surface area contributed by atoms with Crippen LogP contribution < -0.4 is 15.8 Å². The van der Waals surface area contributed by atoms with Crippen molar-refractivity contribution in [2.24, 2.45) is 0 Å². The van der Waals surface area contributed by atoms with Crippen LogP contribution in [0.4, 0.5) is 11.4 Å². The van der Waals surface area contributed by atoms with Crippen molar-refractivity contribution in [1.29, 1.82) is 0 Å². The monoisotopic (exact) mass is 236 g/mol. The van der Waals surface area contributed by atoms with Gasteiger partial charge in [-0.25, -0.2) is 0 Å². The van der Waals surface area contributed by atoms with Crippen molar-refractivity contribution in [1.82, 2.24) is 0 Å². The second-order valence-electron chi connectivity index (χ2n) is 4.41. The lowest BCUT2D eigenvalue weighted by molar-refractivity contribution is 0.340. The maximum Gasteiger partial charge on any atom is 0.123 e. The van der Waals surface area contributed by atoms with Crippen LogP contribution in [0, 0.1) is 0 Å². The normalized spacial score (nSPS) is 12.2. The number of unbranched alkanes of at least 4 members (excludes halogenated alkanes) is 1. The van der Waals surface area contributed by atoms with Gasteiger partial charge in [-0.2, -0.15) is 0 Å². The van der Waals surface area contributed by atoms with Crippen molar-refractivity contribution in [2.45, 2.75) is 46.1 Å². The first-order chi connectivity index (χ1) is 8.15. The van der Waals surface area contributed by atoms with Crippen molar-refractivity contribution in [2.75, 3.05) is 17.7 Å². The predicted octanol–water partition coefficient (Wildman–Crippen LogP) is 3.66. The van der Waals surface area contributed by atoms with Gasteiger partial charge in [0.2, 0.25) is 0 Å². The van der Waals surface area contributed by atoms with E-state index < -0.39 is 0 Å². The number of nitrogens with one attached hydrogen (secondary N) is 1. The Kier molecular flexibility index (Phi) is 5.67. The van der Waals surface area contributed by atoms with Gasteiger partial charge in [0, 0.05) is 29.5 Å². The summed E-state index contributed by atoms with van der Waals surface area (Å²) >= 11 is 0. The Morgan fingerprint density at radius 1 is 1.29 bits per heavy atom. The van der Waals surface area contributed by atoms with Crippen LogP contribution >= 0.6 is 0 Å². The lowest BCUT2D eigenvalue weighted by Gasteiger charge is -2.16. The second kappa shape index (κ2) is 7.05. The Morgan fingerprint density at radius 2 is 2.06 bits per heavy atom. The molecular weight excluding hydrogens is 212 g/mol. The summed E-state index contributed by atoms with van der Waals surface area (Å²) in [6.07, 6.45) is 3.65. The topological polar surface area (TPSA) is 47.3 Å². The van der Waals surface area contributed by atoms with Crippen LogP contribution in [0.5, 0.6) is 5.75 Å². The number of ether oxygens (including phenoxy) is 1. The molecule has 0 aliphatic rings. The molecule has 0 fully saturated rings. The molecule has 0 aliphatic heterocycles. The quantitative estimate of drug-likeness (QED) is 0.710. The Hall–Kier alpha value is -1.38. The molecule has 1 atom stereocenters. The van der Waals surface area contributed by atoms with Crippen LogP contribution in [-0.4, -0.2) is 12.6 Å². The highest BCUT2D eigenvalue weighted by Crippen LogP contribution is 2.23. The number of anilines is 2. The largest absolute Gasteiger partial charge is 0.494 e. The molecule has 0 spiro atoms. The fraction of sp³-hybridized carbons (Fsp3) is 0.571. The van der Waals surface area contributed by atoms with Gasteiger partial charge < -0.3 is 15.8 Å². The Bertz CT molecular complexity index is 339. The predicted molar refractivity (Wildman–Crippen MR) is 74.6 cm³/mol. The van der Waals surface area contributed by atoms with Crippen LogP contribution in [0.3, 0.4) is 0 Å². The summed E-state index contributed by atoms with van der Waals surface area (Å²) in [5.74, 6) is 0.831. The van der Waals surface area contributed by atoms with E-state index in [1.54, 1.807) is 0 Å². The molecule has 96 valence electrons. The standard InChI is InChI=1S/C14H24N2O/c1-4-6-7-11(3)16-13-8-12(15)9-14(10-13)17-5-2/h8-11,16H,4-7,15H2,1-3H3. The van der Waals surface area contributed by atoms with E-state index in [1.165, 1.54) is 19.3 Å². The average Bonchev–Trinajstić information content (AvgIpc) is 2.26. The van der Waals surface area contributed by atoms with Crippen LogP contribution in [-0.2, 0) is 0 Å². The fourth-order valence-electron chi connectivity index (χ4n) is 1.82. The van der Waals surface area contributed by atoms with Gasteiger partial charge in [-0.15, -0.1) is 0 Å². The zero-order valence-corrected chi connectivity index (χ0v) is 11.1. The molecular formula is C14H24N2O. The molecule has 1 rings (SSSR count). The molecule has 0 aliphatic carbocycles. The SMILES string of the molecule is CCCCC(C)Nc1cc(N)cc(OCC)c1. The third-order valence-electron chi connectivity index (χ3n) is 2.64. The fourth-order valence-corrected chi connectivity index (χ4v) is 1.82. The van der Waals surface area contributed by atoms with Crippen LogP contribution in [0.2, 0.25) is 0 Å². The molecule has 1 unspecified atom stereocenters. The minimum atomic E-state index is 0.464. The molecule has 3 nitrogen and oxygen atoms in total. The maximum atomic E-state index is 5.85. The van der Waals surface area contributed by atoms with Crippen molar-refractivity contribution >= 4 is 11.4 Å². The number of hydrogen-bond acceptors (Lipinski definition) is 3. The molecule has 17 heavy (non-hydrogen) atoms. The van der Waals surface area contributed by atoms with Crippen molar-refractivity contribution in [3.8, 4) is 5.75 Å². The smallest absolute Gasteiger partial charge is 0.123 e. The Labute approximate surface area is 104 Å². The van der Waals surface area contributed by atoms with Gasteiger partial charge in [-0.1, -0.05) is 19.8 Å². The summed E-state index contributed by atoms with van der Waals surface area (Å²) in [4.78, 5) is 0. The summed E-state index contributed by atoms with van der Waals surface area (Å²) in [7, 11) is 0. The first kappa shape index (κ1) is 13.7. The minimum Gasteiger partial charge on any atom is -0.494 e. The summed E-state index contributed by atoms with van der Waals surface area (Å²) < 4.78 is 5.47. The van der Waals surface area contributed by atoms with Crippen LogP contribution in [0.15, 0.2) is 18.2 Å². The second-order valence-corrected chi connectivity index (χ2v) is 4.41. The Balaban J connectivity index is 2.63. The van der Waals surface area contributed by atoms with Crippen molar-refractivity contribution < 1.29 is 4.74 Å². The third-order valence-corrected chi connectivity index (χ3v) is 2.64. The zero-order chi connectivity index (χ0) is 12.7. The number of nitrogen functional groups attached to an aromatic ring is 1. The van der Waals surface area contributed by atoms with Crippen molar-refractivity contribution in [3.63, 3.8) is 0 Å². The van der Waals surface area contributed by atoms with Crippen molar-refractivity contribution in [3.05, 3.63) is 18.2 Å². The molecule has 0 bridgehead atoms.